The van der Waals surface area contributed by atoms with Crippen LogP contribution < -0.4 is 0 Å². The molecule has 4 nitrogen and oxygen atoms in total. The highest BCUT2D eigenvalue weighted by molar-refractivity contribution is 5.89. The van der Waals surface area contributed by atoms with E-state index in [1.165, 1.54) is 24.8 Å². The van der Waals surface area contributed by atoms with Crippen molar-refractivity contribution >= 4 is 5.97 Å². The van der Waals surface area contributed by atoms with Crippen molar-refractivity contribution in [1.29, 1.82) is 0 Å². The minimum absolute atomic E-state index is 0.0433. The van der Waals surface area contributed by atoms with Crippen LogP contribution >= 0.6 is 0 Å². The summed E-state index contributed by atoms with van der Waals surface area (Å²) in [6, 6.07) is 7.85. The van der Waals surface area contributed by atoms with E-state index in [0.29, 0.717) is 11.5 Å². The Hall–Kier alpha value is -1.39. The van der Waals surface area contributed by atoms with E-state index in [9.17, 15) is 4.79 Å². The number of hydrogen-bond donors (Lipinski definition) is 0. The zero-order valence-electron chi connectivity index (χ0n) is 16.8. The van der Waals surface area contributed by atoms with Crippen LogP contribution in [0.15, 0.2) is 24.3 Å². The van der Waals surface area contributed by atoms with Gasteiger partial charge in [-0.3, -0.25) is 0 Å². The maximum Gasteiger partial charge on any atom is 0.338 e. The molecule has 0 aromatic heterocycles. The van der Waals surface area contributed by atoms with Crippen molar-refractivity contribution in [3.05, 3.63) is 35.4 Å². The van der Waals surface area contributed by atoms with Gasteiger partial charge in [0.15, 0.2) is 0 Å². The summed E-state index contributed by atoms with van der Waals surface area (Å²) in [5, 5.41) is 0. The first-order chi connectivity index (χ1) is 13.2. The minimum atomic E-state index is -0.204. The molecule has 27 heavy (non-hydrogen) atoms. The molecule has 0 amide bonds. The summed E-state index contributed by atoms with van der Waals surface area (Å²) in [4.78, 5) is 12.5. The first-order valence-electron chi connectivity index (χ1n) is 10.6. The van der Waals surface area contributed by atoms with Gasteiger partial charge >= 0.3 is 5.97 Å². The third kappa shape index (κ3) is 5.79. The van der Waals surface area contributed by atoms with Gasteiger partial charge < -0.3 is 14.2 Å². The molecule has 1 aromatic carbocycles. The second-order valence-electron chi connectivity index (χ2n) is 8.16. The Balaban J connectivity index is 1.50. The van der Waals surface area contributed by atoms with Crippen molar-refractivity contribution in [2.45, 2.75) is 70.5 Å². The maximum atomic E-state index is 12.5. The summed E-state index contributed by atoms with van der Waals surface area (Å²) in [5.74, 6) is 1.16. The monoisotopic (exact) mass is 374 g/mol. The Labute approximate surface area is 163 Å². The van der Waals surface area contributed by atoms with Gasteiger partial charge in [0.05, 0.1) is 11.7 Å². The molecule has 1 aliphatic heterocycles. The molecule has 2 atom stereocenters. The molecule has 2 aliphatic rings. The number of rotatable bonds is 7. The molecule has 1 saturated heterocycles. The van der Waals surface area contributed by atoms with Gasteiger partial charge in [-0.2, -0.15) is 0 Å². The van der Waals surface area contributed by atoms with Crippen molar-refractivity contribution < 1.29 is 19.0 Å². The number of esters is 1. The summed E-state index contributed by atoms with van der Waals surface area (Å²) in [7, 11) is 1.75. The van der Waals surface area contributed by atoms with Gasteiger partial charge in [-0.05, 0) is 68.1 Å². The van der Waals surface area contributed by atoms with Crippen molar-refractivity contribution in [2.75, 3.05) is 20.3 Å². The van der Waals surface area contributed by atoms with Crippen LogP contribution in [-0.4, -0.2) is 32.4 Å². The van der Waals surface area contributed by atoms with Gasteiger partial charge in [0, 0.05) is 20.3 Å². The SMILES string of the molecule is CCCC1CCOC(c2ccc(C(=O)OC3CCC(COC)CC3)cc2)C1. The molecule has 2 unspecified atom stereocenters. The molecule has 1 heterocycles. The predicted octanol–water partition coefficient (Wildman–Crippen LogP) is 5.32. The van der Waals surface area contributed by atoms with E-state index in [1.54, 1.807) is 7.11 Å². The molecule has 1 aromatic rings. The predicted molar refractivity (Wildman–Crippen MR) is 106 cm³/mol. The lowest BCUT2D eigenvalue weighted by atomic mass is 9.88. The van der Waals surface area contributed by atoms with Gasteiger partial charge in [-0.1, -0.05) is 31.9 Å². The lowest BCUT2D eigenvalue weighted by molar-refractivity contribution is -0.0122. The summed E-state index contributed by atoms with van der Waals surface area (Å²) >= 11 is 0. The van der Waals surface area contributed by atoms with Gasteiger partial charge in [-0.25, -0.2) is 4.79 Å². The van der Waals surface area contributed by atoms with Crippen LogP contribution in [0.5, 0.6) is 0 Å². The van der Waals surface area contributed by atoms with Gasteiger partial charge in [-0.15, -0.1) is 0 Å². The van der Waals surface area contributed by atoms with E-state index in [1.807, 2.05) is 24.3 Å². The summed E-state index contributed by atoms with van der Waals surface area (Å²) in [5.41, 5.74) is 1.81. The van der Waals surface area contributed by atoms with Crippen LogP contribution in [0.4, 0.5) is 0 Å². The van der Waals surface area contributed by atoms with E-state index < -0.39 is 0 Å². The van der Waals surface area contributed by atoms with Crippen molar-refractivity contribution in [3.63, 3.8) is 0 Å². The zero-order valence-corrected chi connectivity index (χ0v) is 16.8. The van der Waals surface area contributed by atoms with Crippen LogP contribution in [0.25, 0.3) is 0 Å². The largest absolute Gasteiger partial charge is 0.459 e. The first kappa shape index (κ1) is 20.3. The van der Waals surface area contributed by atoms with Gasteiger partial charge in [0.2, 0.25) is 0 Å². The summed E-state index contributed by atoms with van der Waals surface area (Å²) in [6.07, 6.45) is 8.99. The molecule has 150 valence electrons. The summed E-state index contributed by atoms with van der Waals surface area (Å²) < 4.78 is 16.9. The molecule has 0 spiro atoms. The van der Waals surface area contributed by atoms with Crippen LogP contribution in [-0.2, 0) is 14.2 Å². The second-order valence-corrected chi connectivity index (χ2v) is 8.16. The fraction of sp³-hybridized carbons (Fsp3) is 0.696. The number of carbonyl (C=O) groups is 1. The summed E-state index contributed by atoms with van der Waals surface area (Å²) in [6.45, 7) is 3.89. The Bertz CT molecular complexity index is 573. The third-order valence-electron chi connectivity index (χ3n) is 6.08. The highest BCUT2D eigenvalue weighted by atomic mass is 16.5. The molecule has 0 radical (unpaired) electrons. The quantitative estimate of drug-likeness (QED) is 0.606. The molecule has 3 rings (SSSR count). The standard InChI is InChI=1S/C23H34O4/c1-3-4-17-13-14-26-22(15-17)19-7-9-20(10-8-19)23(24)27-21-11-5-18(6-12-21)16-25-2/h7-10,17-18,21-22H,3-6,11-16H2,1-2H3. The zero-order chi connectivity index (χ0) is 19.1. The Morgan fingerprint density at radius 1 is 1.07 bits per heavy atom. The van der Waals surface area contributed by atoms with Crippen LogP contribution in [0.2, 0.25) is 0 Å². The number of carbonyl (C=O) groups excluding carboxylic acids is 1. The molecule has 0 N–H and O–H groups in total. The van der Waals surface area contributed by atoms with Crippen LogP contribution in [0.3, 0.4) is 0 Å². The molecule has 1 aliphatic carbocycles. The Kier molecular flexibility index (Phi) is 7.71. The van der Waals surface area contributed by atoms with E-state index in [-0.39, 0.29) is 18.2 Å². The maximum absolute atomic E-state index is 12.5. The van der Waals surface area contributed by atoms with E-state index in [0.717, 1.165) is 51.2 Å². The highest BCUT2D eigenvalue weighted by Gasteiger charge is 2.25. The Morgan fingerprint density at radius 2 is 1.81 bits per heavy atom. The molecule has 4 heteroatoms. The molecular weight excluding hydrogens is 340 g/mol. The van der Waals surface area contributed by atoms with Crippen LogP contribution in [0, 0.1) is 11.8 Å². The molecule has 1 saturated carbocycles. The Morgan fingerprint density at radius 3 is 2.48 bits per heavy atom. The lowest BCUT2D eigenvalue weighted by Crippen LogP contribution is -2.26. The third-order valence-corrected chi connectivity index (χ3v) is 6.08. The van der Waals surface area contributed by atoms with E-state index in [2.05, 4.69) is 6.92 Å². The highest BCUT2D eigenvalue weighted by Crippen LogP contribution is 2.34. The number of ether oxygens (including phenoxy) is 3. The van der Waals surface area contributed by atoms with Crippen molar-refractivity contribution in [3.8, 4) is 0 Å². The average Bonchev–Trinajstić information content (AvgIpc) is 2.70. The van der Waals surface area contributed by atoms with E-state index >= 15 is 0 Å². The van der Waals surface area contributed by atoms with E-state index in [4.69, 9.17) is 14.2 Å². The number of benzene rings is 1. The number of methoxy groups -OCH3 is 1. The van der Waals surface area contributed by atoms with Crippen molar-refractivity contribution in [2.24, 2.45) is 11.8 Å². The fourth-order valence-electron chi connectivity index (χ4n) is 4.47. The smallest absolute Gasteiger partial charge is 0.338 e. The lowest BCUT2D eigenvalue weighted by Gasteiger charge is -2.30. The van der Waals surface area contributed by atoms with Gasteiger partial charge in [0.1, 0.15) is 6.10 Å². The average molecular weight is 375 g/mol. The molecular formula is C23H34O4. The van der Waals surface area contributed by atoms with Crippen molar-refractivity contribution in [1.82, 2.24) is 0 Å². The fourth-order valence-corrected chi connectivity index (χ4v) is 4.47. The molecule has 0 bridgehead atoms. The first-order valence-corrected chi connectivity index (χ1v) is 10.6. The molecule has 2 fully saturated rings. The topological polar surface area (TPSA) is 44.8 Å². The second kappa shape index (κ2) is 10.2. The minimum Gasteiger partial charge on any atom is -0.459 e. The normalized spacial score (nSPS) is 28.7. The van der Waals surface area contributed by atoms with Gasteiger partial charge in [0.25, 0.3) is 0 Å². The number of hydrogen-bond acceptors (Lipinski definition) is 4. The van der Waals surface area contributed by atoms with Crippen LogP contribution in [0.1, 0.15) is 80.3 Å².